The summed E-state index contributed by atoms with van der Waals surface area (Å²) in [5.74, 6) is 2.17. The molecule has 0 atom stereocenters. The highest BCUT2D eigenvalue weighted by molar-refractivity contribution is 5.96. The second-order valence-electron chi connectivity index (χ2n) is 7.24. The molecule has 3 aromatic rings. The molecule has 2 aliphatic heterocycles. The van der Waals surface area contributed by atoms with Crippen LogP contribution >= 0.6 is 0 Å². The molecule has 0 N–H and O–H groups in total. The molecule has 0 radical (unpaired) electrons. The molecule has 0 bridgehead atoms. The van der Waals surface area contributed by atoms with Gasteiger partial charge in [-0.25, -0.2) is 0 Å². The summed E-state index contributed by atoms with van der Waals surface area (Å²) in [4.78, 5) is 14.7. The van der Waals surface area contributed by atoms with Crippen molar-refractivity contribution in [2.24, 2.45) is 0 Å². The van der Waals surface area contributed by atoms with Gasteiger partial charge in [-0.1, -0.05) is 30.3 Å². The Morgan fingerprint density at radius 1 is 0.933 bits per heavy atom. The monoisotopic (exact) mass is 403 g/mol. The molecular weight excluding hydrogens is 382 g/mol. The number of rotatable bonds is 4. The van der Waals surface area contributed by atoms with Crippen molar-refractivity contribution in [3.05, 3.63) is 71.8 Å². The molecule has 0 saturated heterocycles. The highest BCUT2D eigenvalue weighted by Gasteiger charge is 2.24. The molecule has 3 aromatic carbocycles. The van der Waals surface area contributed by atoms with E-state index in [-0.39, 0.29) is 19.3 Å². The zero-order chi connectivity index (χ0) is 20.5. The van der Waals surface area contributed by atoms with Gasteiger partial charge in [0.15, 0.2) is 11.5 Å². The van der Waals surface area contributed by atoms with Gasteiger partial charge in [-0.3, -0.25) is 4.79 Å². The van der Waals surface area contributed by atoms with Gasteiger partial charge in [-0.2, -0.15) is 0 Å². The lowest BCUT2D eigenvalue weighted by Crippen LogP contribution is -2.32. The second-order valence-corrected chi connectivity index (χ2v) is 7.24. The van der Waals surface area contributed by atoms with Gasteiger partial charge in [0.05, 0.1) is 25.9 Å². The van der Waals surface area contributed by atoms with Crippen molar-refractivity contribution in [2.75, 3.05) is 25.4 Å². The summed E-state index contributed by atoms with van der Waals surface area (Å²) >= 11 is 0. The van der Waals surface area contributed by atoms with Crippen LogP contribution < -0.4 is 19.1 Å². The summed E-state index contributed by atoms with van der Waals surface area (Å²) in [6.45, 7) is 1.13. The van der Waals surface area contributed by atoms with Crippen LogP contribution in [-0.4, -0.2) is 26.4 Å². The topological polar surface area (TPSA) is 57.2 Å². The van der Waals surface area contributed by atoms with E-state index in [4.69, 9.17) is 18.9 Å². The number of amides is 1. The minimum absolute atomic E-state index is 0.0536. The highest BCUT2D eigenvalue weighted by atomic mass is 16.7. The van der Waals surface area contributed by atoms with Gasteiger partial charge in [-0.15, -0.1) is 0 Å². The fourth-order valence-electron chi connectivity index (χ4n) is 3.78. The smallest absolute Gasteiger partial charge is 0.253 e. The first-order valence-corrected chi connectivity index (χ1v) is 9.75. The van der Waals surface area contributed by atoms with Crippen molar-refractivity contribution in [3.8, 4) is 28.4 Å². The maximum absolute atomic E-state index is 12.9. The van der Waals surface area contributed by atoms with Crippen LogP contribution in [0, 0.1) is 0 Å². The van der Waals surface area contributed by atoms with E-state index >= 15 is 0 Å². The van der Waals surface area contributed by atoms with Gasteiger partial charge in [0.25, 0.3) is 5.91 Å². The average molecular weight is 403 g/mol. The zero-order valence-corrected chi connectivity index (χ0v) is 16.6. The van der Waals surface area contributed by atoms with Crippen LogP contribution in [0.3, 0.4) is 0 Å². The molecule has 0 spiro atoms. The van der Waals surface area contributed by atoms with Crippen LogP contribution in [0.5, 0.6) is 17.2 Å². The number of benzene rings is 3. The molecule has 2 aliphatic rings. The Bertz CT molecular complexity index is 1110. The van der Waals surface area contributed by atoms with Crippen molar-refractivity contribution in [1.29, 1.82) is 0 Å². The van der Waals surface area contributed by atoms with E-state index < -0.39 is 0 Å². The lowest BCUT2D eigenvalue weighted by molar-refractivity contribution is -0.123. The van der Waals surface area contributed by atoms with Crippen LogP contribution in [0.2, 0.25) is 0 Å². The van der Waals surface area contributed by atoms with E-state index in [1.807, 2.05) is 60.7 Å². The van der Waals surface area contributed by atoms with Gasteiger partial charge < -0.3 is 23.8 Å². The molecule has 0 fully saturated rings. The van der Waals surface area contributed by atoms with Crippen molar-refractivity contribution >= 4 is 11.6 Å². The summed E-state index contributed by atoms with van der Waals surface area (Å²) in [5.41, 5.74) is 4.83. The van der Waals surface area contributed by atoms with Gasteiger partial charge in [-0.05, 0) is 47.0 Å². The van der Waals surface area contributed by atoms with Crippen molar-refractivity contribution in [1.82, 2.24) is 0 Å². The van der Waals surface area contributed by atoms with Crippen LogP contribution in [0.1, 0.15) is 11.1 Å². The predicted octanol–water partition coefficient (Wildman–Crippen LogP) is 4.15. The third kappa shape index (κ3) is 3.46. The first kappa shape index (κ1) is 18.5. The summed E-state index contributed by atoms with van der Waals surface area (Å²) in [6.07, 6.45) is 0. The first-order valence-electron chi connectivity index (χ1n) is 9.75. The van der Waals surface area contributed by atoms with Crippen molar-refractivity contribution < 1.29 is 23.7 Å². The van der Waals surface area contributed by atoms with Crippen LogP contribution in [-0.2, 0) is 22.7 Å². The van der Waals surface area contributed by atoms with Crippen LogP contribution in [0.25, 0.3) is 11.1 Å². The molecule has 6 heteroatoms. The van der Waals surface area contributed by atoms with Gasteiger partial charge in [0.1, 0.15) is 12.4 Å². The Morgan fingerprint density at radius 3 is 2.67 bits per heavy atom. The third-order valence-corrected chi connectivity index (χ3v) is 5.34. The number of methoxy groups -OCH3 is 1. The molecule has 5 rings (SSSR count). The predicted molar refractivity (Wildman–Crippen MR) is 112 cm³/mol. The standard InChI is InChI=1S/C24H21NO5/c1-27-20-4-2-3-16(9-20)12-25-21-10-17(5-6-19(21)13-28-14-24(25)26)18-7-8-22-23(11-18)30-15-29-22/h2-11H,12-15H2,1H3. The molecule has 0 unspecified atom stereocenters. The third-order valence-electron chi connectivity index (χ3n) is 5.34. The van der Waals surface area contributed by atoms with Crippen LogP contribution in [0.4, 0.5) is 5.69 Å². The number of fused-ring (bicyclic) bond motifs is 2. The van der Waals surface area contributed by atoms with Gasteiger partial charge >= 0.3 is 0 Å². The van der Waals surface area contributed by atoms with E-state index in [0.717, 1.165) is 45.2 Å². The normalized spacial score (nSPS) is 15.0. The molecule has 1 amide bonds. The number of carbonyl (C=O) groups excluding carboxylic acids is 1. The average Bonchev–Trinajstić information content (AvgIpc) is 3.20. The Balaban J connectivity index is 1.53. The fraction of sp³-hybridized carbons (Fsp3) is 0.208. The fourth-order valence-corrected chi connectivity index (χ4v) is 3.78. The number of carbonyl (C=O) groups is 1. The van der Waals surface area contributed by atoms with Crippen molar-refractivity contribution in [3.63, 3.8) is 0 Å². The van der Waals surface area contributed by atoms with E-state index in [0.29, 0.717) is 13.2 Å². The highest BCUT2D eigenvalue weighted by Crippen LogP contribution is 2.38. The lowest BCUT2D eigenvalue weighted by Gasteiger charge is -2.23. The molecule has 2 heterocycles. The number of hydrogen-bond donors (Lipinski definition) is 0. The molecule has 6 nitrogen and oxygen atoms in total. The van der Waals surface area contributed by atoms with E-state index in [2.05, 4.69) is 0 Å². The Hall–Kier alpha value is -3.51. The summed E-state index contributed by atoms with van der Waals surface area (Å²) in [5, 5.41) is 0. The maximum Gasteiger partial charge on any atom is 0.253 e. The molecule has 0 aliphatic carbocycles. The van der Waals surface area contributed by atoms with Crippen LogP contribution in [0.15, 0.2) is 60.7 Å². The number of anilines is 1. The zero-order valence-electron chi connectivity index (χ0n) is 16.6. The minimum Gasteiger partial charge on any atom is -0.497 e. The van der Waals surface area contributed by atoms with Gasteiger partial charge in [0, 0.05) is 5.56 Å². The number of ether oxygens (including phenoxy) is 4. The van der Waals surface area contributed by atoms with E-state index in [9.17, 15) is 4.79 Å². The Morgan fingerprint density at radius 2 is 1.77 bits per heavy atom. The van der Waals surface area contributed by atoms with E-state index in [1.54, 1.807) is 12.0 Å². The molecule has 0 saturated carbocycles. The first-order chi connectivity index (χ1) is 14.7. The quantitative estimate of drug-likeness (QED) is 0.655. The largest absolute Gasteiger partial charge is 0.497 e. The molecular formula is C24H21NO5. The maximum atomic E-state index is 12.9. The molecule has 152 valence electrons. The summed E-state index contributed by atoms with van der Waals surface area (Å²) < 4.78 is 21.9. The van der Waals surface area contributed by atoms with E-state index in [1.165, 1.54) is 0 Å². The molecule has 0 aromatic heterocycles. The molecule has 30 heavy (non-hydrogen) atoms. The number of nitrogens with zero attached hydrogens (tertiary/aromatic N) is 1. The SMILES string of the molecule is COc1cccc(CN2C(=O)COCc3ccc(-c4ccc5c(c4)OCO5)cc32)c1. The minimum atomic E-state index is -0.0700. The lowest BCUT2D eigenvalue weighted by atomic mass is 10.0. The Kier molecular flexibility index (Phi) is 4.77. The summed E-state index contributed by atoms with van der Waals surface area (Å²) in [6, 6.07) is 19.7. The second kappa shape index (κ2) is 7.72. The van der Waals surface area contributed by atoms with Crippen molar-refractivity contribution in [2.45, 2.75) is 13.2 Å². The number of hydrogen-bond acceptors (Lipinski definition) is 5. The Labute approximate surface area is 174 Å². The van der Waals surface area contributed by atoms with Gasteiger partial charge in [0.2, 0.25) is 6.79 Å². The summed E-state index contributed by atoms with van der Waals surface area (Å²) in [7, 11) is 1.64.